The molecule has 37 heavy (non-hydrogen) atoms. The minimum atomic E-state index is -0.902. The molecule has 1 unspecified atom stereocenters. The molecular weight excluding hydrogens is 490 g/mol. The SMILES string of the molecule is CCOCCCNC(=O)C(c1ccc(OC)cc1)N(Cc1cccs1)C(=O)CNC(=O)c1ccccc1. The third-order valence-electron chi connectivity index (χ3n) is 5.62. The summed E-state index contributed by atoms with van der Waals surface area (Å²) >= 11 is 1.50. The van der Waals surface area contributed by atoms with Gasteiger partial charge in [0.1, 0.15) is 11.8 Å². The third kappa shape index (κ3) is 8.44. The molecule has 0 saturated carbocycles. The van der Waals surface area contributed by atoms with Crippen LogP contribution in [-0.4, -0.2) is 56.0 Å². The molecule has 0 bridgehead atoms. The molecule has 3 amide bonds. The molecule has 1 aromatic heterocycles. The molecule has 0 radical (unpaired) electrons. The lowest BCUT2D eigenvalue weighted by molar-refractivity contribution is -0.140. The van der Waals surface area contributed by atoms with Crippen LogP contribution in [0.1, 0.15) is 40.2 Å². The number of methoxy groups -OCH3 is 1. The van der Waals surface area contributed by atoms with E-state index in [-0.39, 0.29) is 30.8 Å². The van der Waals surface area contributed by atoms with E-state index in [0.717, 1.165) is 4.88 Å². The molecule has 0 aliphatic carbocycles. The first-order chi connectivity index (χ1) is 18.0. The first-order valence-electron chi connectivity index (χ1n) is 12.2. The number of carbonyl (C=O) groups is 3. The van der Waals surface area contributed by atoms with Crippen molar-refractivity contribution in [2.45, 2.75) is 25.9 Å². The number of hydrogen-bond acceptors (Lipinski definition) is 6. The van der Waals surface area contributed by atoms with E-state index in [1.807, 2.05) is 30.5 Å². The number of benzene rings is 2. The fourth-order valence-corrected chi connectivity index (χ4v) is 4.43. The molecule has 3 aromatic rings. The Labute approximate surface area is 221 Å². The van der Waals surface area contributed by atoms with Gasteiger partial charge in [-0.05, 0) is 54.6 Å². The molecule has 2 aromatic carbocycles. The van der Waals surface area contributed by atoms with Crippen LogP contribution in [0.5, 0.6) is 5.75 Å². The van der Waals surface area contributed by atoms with Crippen molar-refractivity contribution in [1.29, 1.82) is 0 Å². The summed E-state index contributed by atoms with van der Waals surface area (Å²) in [6.45, 7) is 3.46. The minimum Gasteiger partial charge on any atom is -0.497 e. The van der Waals surface area contributed by atoms with Gasteiger partial charge >= 0.3 is 0 Å². The normalized spacial score (nSPS) is 11.4. The van der Waals surface area contributed by atoms with Gasteiger partial charge in [0.05, 0.1) is 20.2 Å². The summed E-state index contributed by atoms with van der Waals surface area (Å²) in [5.74, 6) is -0.388. The molecule has 196 valence electrons. The van der Waals surface area contributed by atoms with Gasteiger partial charge in [0.15, 0.2) is 0 Å². The number of rotatable bonds is 14. The van der Waals surface area contributed by atoms with Crippen molar-refractivity contribution in [1.82, 2.24) is 15.5 Å². The van der Waals surface area contributed by atoms with Crippen LogP contribution in [0.15, 0.2) is 72.1 Å². The number of nitrogens with one attached hydrogen (secondary N) is 2. The predicted molar refractivity (Wildman–Crippen MR) is 143 cm³/mol. The molecule has 8 nitrogen and oxygen atoms in total. The lowest BCUT2D eigenvalue weighted by Crippen LogP contribution is -2.47. The van der Waals surface area contributed by atoms with Gasteiger partial charge in [-0.1, -0.05) is 36.4 Å². The Morgan fingerprint density at radius 2 is 1.73 bits per heavy atom. The van der Waals surface area contributed by atoms with Gasteiger partial charge in [-0.3, -0.25) is 14.4 Å². The molecule has 9 heteroatoms. The van der Waals surface area contributed by atoms with Gasteiger partial charge < -0.3 is 25.0 Å². The van der Waals surface area contributed by atoms with Crippen molar-refractivity contribution < 1.29 is 23.9 Å². The van der Waals surface area contributed by atoms with Gasteiger partial charge in [0.25, 0.3) is 5.91 Å². The Balaban J connectivity index is 1.84. The third-order valence-corrected chi connectivity index (χ3v) is 6.48. The van der Waals surface area contributed by atoms with Gasteiger partial charge in [-0.25, -0.2) is 0 Å². The Kier molecular flexibility index (Phi) is 11.1. The smallest absolute Gasteiger partial charge is 0.251 e. The topological polar surface area (TPSA) is 97.0 Å². The second-order valence-electron chi connectivity index (χ2n) is 8.17. The van der Waals surface area contributed by atoms with E-state index in [9.17, 15) is 14.4 Å². The van der Waals surface area contributed by atoms with Crippen LogP contribution in [0, 0.1) is 0 Å². The number of nitrogens with zero attached hydrogens (tertiary/aromatic N) is 1. The van der Waals surface area contributed by atoms with Crippen molar-refractivity contribution in [3.05, 3.63) is 88.1 Å². The number of amides is 3. The highest BCUT2D eigenvalue weighted by Gasteiger charge is 2.32. The Morgan fingerprint density at radius 1 is 0.973 bits per heavy atom. The average Bonchev–Trinajstić information content (AvgIpc) is 3.45. The maximum atomic E-state index is 13.6. The van der Waals surface area contributed by atoms with Gasteiger partial charge in [-0.2, -0.15) is 0 Å². The molecule has 3 rings (SSSR count). The van der Waals surface area contributed by atoms with Gasteiger partial charge in [0.2, 0.25) is 11.8 Å². The van der Waals surface area contributed by atoms with E-state index >= 15 is 0 Å². The molecular formula is C28H33N3O5S. The van der Waals surface area contributed by atoms with E-state index in [1.165, 1.54) is 16.2 Å². The van der Waals surface area contributed by atoms with E-state index in [2.05, 4.69) is 10.6 Å². The summed E-state index contributed by atoms with van der Waals surface area (Å²) in [6, 6.07) is 18.7. The number of hydrogen-bond donors (Lipinski definition) is 2. The lowest BCUT2D eigenvalue weighted by Gasteiger charge is -2.31. The molecule has 0 spiro atoms. The molecule has 1 atom stereocenters. The first-order valence-corrected chi connectivity index (χ1v) is 13.1. The van der Waals surface area contributed by atoms with Crippen molar-refractivity contribution in [3.8, 4) is 5.75 Å². The quantitative estimate of drug-likeness (QED) is 0.313. The highest BCUT2D eigenvalue weighted by Crippen LogP contribution is 2.27. The zero-order valence-corrected chi connectivity index (χ0v) is 22.0. The van der Waals surface area contributed by atoms with Crippen molar-refractivity contribution in [2.24, 2.45) is 0 Å². The zero-order chi connectivity index (χ0) is 26.5. The van der Waals surface area contributed by atoms with E-state index in [4.69, 9.17) is 9.47 Å². The van der Waals surface area contributed by atoms with E-state index < -0.39 is 6.04 Å². The Morgan fingerprint density at radius 3 is 2.38 bits per heavy atom. The number of ether oxygens (including phenoxy) is 2. The summed E-state index contributed by atoms with van der Waals surface area (Å²) in [6.07, 6.45) is 0.654. The van der Waals surface area contributed by atoms with Crippen LogP contribution in [0.2, 0.25) is 0 Å². The van der Waals surface area contributed by atoms with Crippen LogP contribution in [0.4, 0.5) is 0 Å². The maximum absolute atomic E-state index is 13.6. The van der Waals surface area contributed by atoms with Crippen molar-refractivity contribution in [3.63, 3.8) is 0 Å². The summed E-state index contributed by atoms with van der Waals surface area (Å²) in [7, 11) is 1.57. The monoisotopic (exact) mass is 523 g/mol. The summed E-state index contributed by atoms with van der Waals surface area (Å²) < 4.78 is 10.6. The van der Waals surface area contributed by atoms with Crippen molar-refractivity contribution >= 4 is 29.1 Å². The molecule has 0 saturated heterocycles. The highest BCUT2D eigenvalue weighted by atomic mass is 32.1. The molecule has 0 aliphatic rings. The van der Waals surface area contributed by atoms with Gasteiger partial charge in [-0.15, -0.1) is 11.3 Å². The first kappa shape index (κ1) is 27.9. The molecule has 1 heterocycles. The Bertz CT molecular complexity index is 1120. The van der Waals surface area contributed by atoms with Crippen molar-refractivity contribution in [2.75, 3.05) is 33.4 Å². The predicted octanol–water partition coefficient (Wildman–Crippen LogP) is 3.80. The standard InChI is InChI=1S/C28H33N3O5S/c1-3-36-17-8-16-29-28(34)26(21-12-14-23(35-2)15-13-21)31(20-24-11-7-18-37-24)25(32)19-30-27(33)22-9-5-4-6-10-22/h4-7,9-15,18,26H,3,8,16-17,19-20H2,1-2H3,(H,29,34)(H,30,33). The van der Waals surface area contributed by atoms with Crippen LogP contribution in [0.3, 0.4) is 0 Å². The maximum Gasteiger partial charge on any atom is 0.251 e. The summed E-state index contributed by atoms with van der Waals surface area (Å²) in [5.41, 5.74) is 1.10. The molecule has 2 N–H and O–H groups in total. The van der Waals surface area contributed by atoms with Crippen LogP contribution in [-0.2, 0) is 20.9 Å². The van der Waals surface area contributed by atoms with Crippen LogP contribution >= 0.6 is 11.3 Å². The fourth-order valence-electron chi connectivity index (χ4n) is 3.73. The molecule has 0 fully saturated rings. The number of thiophene rings is 1. The van der Waals surface area contributed by atoms with E-state index in [0.29, 0.717) is 43.1 Å². The largest absolute Gasteiger partial charge is 0.497 e. The van der Waals surface area contributed by atoms with Crippen LogP contribution < -0.4 is 15.4 Å². The minimum absolute atomic E-state index is 0.223. The van der Waals surface area contributed by atoms with Gasteiger partial charge in [0, 0.05) is 30.2 Å². The fraction of sp³-hybridized carbons (Fsp3) is 0.321. The van der Waals surface area contributed by atoms with E-state index in [1.54, 1.807) is 55.6 Å². The average molecular weight is 524 g/mol. The summed E-state index contributed by atoms with van der Waals surface area (Å²) in [5, 5.41) is 7.56. The second kappa shape index (κ2) is 14.8. The Hall–Kier alpha value is -3.69. The second-order valence-corrected chi connectivity index (χ2v) is 9.20. The lowest BCUT2D eigenvalue weighted by atomic mass is 10.0. The molecule has 0 aliphatic heterocycles. The van der Waals surface area contributed by atoms with Crippen LogP contribution in [0.25, 0.3) is 0 Å². The summed E-state index contributed by atoms with van der Waals surface area (Å²) in [4.78, 5) is 42.1. The number of carbonyl (C=O) groups excluding carboxylic acids is 3. The highest BCUT2D eigenvalue weighted by molar-refractivity contribution is 7.09. The zero-order valence-electron chi connectivity index (χ0n) is 21.1.